The summed E-state index contributed by atoms with van der Waals surface area (Å²) in [5.41, 5.74) is 0. The molecule has 1 saturated carbocycles. The van der Waals surface area contributed by atoms with Crippen LogP contribution in [0, 0.1) is 0 Å². The van der Waals surface area contributed by atoms with Gasteiger partial charge in [-0.2, -0.15) is 0 Å². The Bertz CT molecular complexity index is 252. The maximum atomic E-state index is 11.7. The molecular formula is C9H16N2O4. The van der Waals surface area contributed by atoms with Gasteiger partial charge in [-0.15, -0.1) is 0 Å². The van der Waals surface area contributed by atoms with Crippen LogP contribution in [-0.2, 0) is 4.79 Å². The van der Waals surface area contributed by atoms with E-state index in [2.05, 4.69) is 0 Å². The van der Waals surface area contributed by atoms with E-state index in [0.717, 1.165) is 12.8 Å². The molecule has 0 heterocycles. The topological polar surface area (TPSA) is 81.1 Å². The lowest BCUT2D eigenvalue weighted by molar-refractivity contribution is -0.137. The van der Waals surface area contributed by atoms with E-state index in [-0.39, 0.29) is 31.8 Å². The van der Waals surface area contributed by atoms with Crippen molar-refractivity contribution in [1.82, 2.24) is 9.80 Å². The van der Waals surface area contributed by atoms with Gasteiger partial charge in [-0.05, 0) is 12.8 Å². The van der Waals surface area contributed by atoms with Crippen molar-refractivity contribution in [3.8, 4) is 0 Å². The number of nitrogens with zero attached hydrogens (tertiary/aromatic N) is 2. The molecule has 1 aliphatic carbocycles. The second kappa shape index (κ2) is 4.97. The smallest absolute Gasteiger partial charge is 0.323 e. The maximum absolute atomic E-state index is 11.7. The van der Waals surface area contributed by atoms with Gasteiger partial charge in [0.1, 0.15) is 6.54 Å². The Kier molecular flexibility index (Phi) is 3.90. The zero-order chi connectivity index (χ0) is 11.4. The van der Waals surface area contributed by atoms with Crippen LogP contribution in [0.1, 0.15) is 12.8 Å². The van der Waals surface area contributed by atoms with E-state index >= 15 is 0 Å². The van der Waals surface area contributed by atoms with Crippen LogP contribution in [0.2, 0.25) is 0 Å². The summed E-state index contributed by atoms with van der Waals surface area (Å²) in [6.07, 6.45) is 1.73. The van der Waals surface area contributed by atoms with Gasteiger partial charge in [-0.25, -0.2) is 4.79 Å². The number of carbonyl (C=O) groups excluding carboxylic acids is 1. The molecule has 2 N–H and O–H groups in total. The Morgan fingerprint density at radius 3 is 2.40 bits per heavy atom. The van der Waals surface area contributed by atoms with E-state index in [1.165, 1.54) is 9.80 Å². The Hall–Kier alpha value is -1.30. The molecule has 1 aliphatic rings. The van der Waals surface area contributed by atoms with Crippen LogP contribution in [0.5, 0.6) is 0 Å². The SMILES string of the molecule is CN(CCO)C(=O)N(CC(=O)O)C1CC1. The van der Waals surface area contributed by atoms with E-state index in [9.17, 15) is 9.59 Å². The molecule has 6 nitrogen and oxygen atoms in total. The van der Waals surface area contributed by atoms with Crippen molar-refractivity contribution in [2.45, 2.75) is 18.9 Å². The summed E-state index contributed by atoms with van der Waals surface area (Å²) in [6, 6.07) is -0.260. The highest BCUT2D eigenvalue weighted by Gasteiger charge is 2.35. The Morgan fingerprint density at radius 2 is 2.00 bits per heavy atom. The second-order valence-corrected chi connectivity index (χ2v) is 3.68. The minimum absolute atomic E-state index is 0.0646. The molecule has 0 spiro atoms. The van der Waals surface area contributed by atoms with E-state index in [0.29, 0.717) is 0 Å². The molecule has 0 aromatic rings. The molecule has 2 amide bonds. The number of carbonyl (C=O) groups is 2. The van der Waals surface area contributed by atoms with Crippen molar-refractivity contribution < 1.29 is 19.8 Å². The summed E-state index contributed by atoms with van der Waals surface area (Å²) >= 11 is 0. The Labute approximate surface area is 88.1 Å². The molecule has 0 aromatic heterocycles. The molecule has 15 heavy (non-hydrogen) atoms. The predicted octanol–water partition coefficient (Wildman–Crippen LogP) is -0.421. The lowest BCUT2D eigenvalue weighted by atomic mass is 10.4. The third-order valence-electron chi connectivity index (χ3n) is 2.30. The van der Waals surface area contributed by atoms with E-state index in [1.807, 2.05) is 0 Å². The van der Waals surface area contributed by atoms with Crippen LogP contribution in [0.4, 0.5) is 4.79 Å². The fraction of sp³-hybridized carbons (Fsp3) is 0.778. The second-order valence-electron chi connectivity index (χ2n) is 3.68. The highest BCUT2D eigenvalue weighted by atomic mass is 16.4. The number of rotatable bonds is 5. The third kappa shape index (κ3) is 3.39. The number of hydrogen-bond acceptors (Lipinski definition) is 3. The van der Waals surface area contributed by atoms with Crippen LogP contribution < -0.4 is 0 Å². The van der Waals surface area contributed by atoms with Crippen molar-refractivity contribution in [3.63, 3.8) is 0 Å². The summed E-state index contributed by atoms with van der Waals surface area (Å²) in [6.45, 7) is -0.158. The lowest BCUT2D eigenvalue weighted by Gasteiger charge is -2.26. The van der Waals surface area contributed by atoms with Crippen molar-refractivity contribution >= 4 is 12.0 Å². The van der Waals surface area contributed by atoms with Crippen LogP contribution >= 0.6 is 0 Å². The average Bonchev–Trinajstić information content (AvgIpc) is 2.96. The molecule has 0 unspecified atom stereocenters. The minimum atomic E-state index is -1.01. The molecule has 0 radical (unpaired) electrons. The van der Waals surface area contributed by atoms with Crippen LogP contribution in [0.3, 0.4) is 0 Å². The monoisotopic (exact) mass is 216 g/mol. The molecule has 1 fully saturated rings. The van der Waals surface area contributed by atoms with Crippen molar-refractivity contribution in [2.24, 2.45) is 0 Å². The number of urea groups is 1. The van der Waals surface area contributed by atoms with E-state index < -0.39 is 5.97 Å². The lowest BCUT2D eigenvalue weighted by Crippen LogP contribution is -2.45. The maximum Gasteiger partial charge on any atom is 0.323 e. The predicted molar refractivity (Wildman–Crippen MR) is 52.5 cm³/mol. The van der Waals surface area contributed by atoms with Gasteiger partial charge in [-0.3, -0.25) is 4.79 Å². The van der Waals surface area contributed by atoms with Gasteiger partial charge in [0.05, 0.1) is 6.61 Å². The van der Waals surface area contributed by atoms with Crippen molar-refractivity contribution in [1.29, 1.82) is 0 Å². The molecule has 0 bridgehead atoms. The van der Waals surface area contributed by atoms with E-state index in [1.54, 1.807) is 7.05 Å². The van der Waals surface area contributed by atoms with E-state index in [4.69, 9.17) is 10.2 Å². The van der Waals surface area contributed by atoms with Crippen molar-refractivity contribution in [3.05, 3.63) is 0 Å². The van der Waals surface area contributed by atoms with Gasteiger partial charge < -0.3 is 20.0 Å². The van der Waals surface area contributed by atoms with Crippen molar-refractivity contribution in [2.75, 3.05) is 26.7 Å². The van der Waals surface area contributed by atoms with Gasteiger partial charge in [-0.1, -0.05) is 0 Å². The summed E-state index contributed by atoms with van der Waals surface area (Å²) in [5.74, 6) is -1.01. The van der Waals surface area contributed by atoms with Crippen LogP contribution in [0.15, 0.2) is 0 Å². The molecule has 86 valence electrons. The molecule has 0 saturated heterocycles. The minimum Gasteiger partial charge on any atom is -0.480 e. The van der Waals surface area contributed by atoms with Gasteiger partial charge in [0.25, 0.3) is 0 Å². The van der Waals surface area contributed by atoms with Gasteiger partial charge in [0.2, 0.25) is 0 Å². The Morgan fingerprint density at radius 1 is 1.40 bits per heavy atom. The standard InChI is InChI=1S/C9H16N2O4/c1-10(4-5-12)9(15)11(6-8(13)14)7-2-3-7/h7,12H,2-6H2,1H3,(H,13,14). The highest BCUT2D eigenvalue weighted by molar-refractivity contribution is 5.80. The molecule has 0 aliphatic heterocycles. The fourth-order valence-corrected chi connectivity index (χ4v) is 1.35. The highest BCUT2D eigenvalue weighted by Crippen LogP contribution is 2.27. The molecular weight excluding hydrogens is 200 g/mol. The number of amides is 2. The van der Waals surface area contributed by atoms with Gasteiger partial charge in [0, 0.05) is 19.6 Å². The first-order chi connectivity index (χ1) is 7.06. The summed E-state index contributed by atoms with van der Waals surface area (Å²) < 4.78 is 0. The number of aliphatic hydroxyl groups is 1. The molecule has 0 aromatic carbocycles. The first kappa shape index (κ1) is 11.8. The molecule has 6 heteroatoms. The Balaban J connectivity index is 2.54. The largest absolute Gasteiger partial charge is 0.480 e. The zero-order valence-electron chi connectivity index (χ0n) is 8.72. The molecule has 1 rings (SSSR count). The number of likely N-dealkylation sites (N-methyl/N-ethyl adjacent to an activating group) is 1. The number of aliphatic hydroxyl groups excluding tert-OH is 1. The van der Waals surface area contributed by atoms with Crippen LogP contribution in [0.25, 0.3) is 0 Å². The van der Waals surface area contributed by atoms with Gasteiger partial charge in [0.15, 0.2) is 0 Å². The molecule has 0 atom stereocenters. The van der Waals surface area contributed by atoms with Gasteiger partial charge >= 0.3 is 12.0 Å². The summed E-state index contributed by atoms with van der Waals surface area (Å²) in [5, 5.41) is 17.3. The average molecular weight is 216 g/mol. The normalized spacial score (nSPS) is 14.8. The quantitative estimate of drug-likeness (QED) is 0.654. The summed E-state index contributed by atoms with van der Waals surface area (Å²) in [4.78, 5) is 25.0. The third-order valence-corrected chi connectivity index (χ3v) is 2.30. The number of aliphatic carboxylic acids is 1. The summed E-state index contributed by atoms with van der Waals surface area (Å²) in [7, 11) is 1.55. The zero-order valence-corrected chi connectivity index (χ0v) is 8.72. The van der Waals surface area contributed by atoms with Crippen LogP contribution in [-0.4, -0.2) is 64.8 Å². The first-order valence-electron chi connectivity index (χ1n) is 4.90. The first-order valence-corrected chi connectivity index (χ1v) is 4.90. The number of carboxylic acid groups (broad SMARTS) is 1. The number of hydrogen-bond donors (Lipinski definition) is 2. The fourth-order valence-electron chi connectivity index (χ4n) is 1.35. The number of carboxylic acids is 1.